The van der Waals surface area contributed by atoms with Crippen molar-refractivity contribution in [3.8, 4) is 5.75 Å². The van der Waals surface area contributed by atoms with Crippen LogP contribution in [0.2, 0.25) is 0 Å². The first-order valence-electron chi connectivity index (χ1n) is 9.21. The minimum absolute atomic E-state index is 0.105. The molecule has 0 amide bonds. The summed E-state index contributed by atoms with van der Waals surface area (Å²) in [6.45, 7) is 8.03. The van der Waals surface area contributed by atoms with Crippen molar-refractivity contribution in [3.63, 3.8) is 0 Å². The molecule has 2 atom stereocenters. The maximum absolute atomic E-state index is 14.2. The molecule has 8 heteroatoms. The van der Waals surface area contributed by atoms with Crippen LogP contribution in [0.5, 0.6) is 5.75 Å². The van der Waals surface area contributed by atoms with Gasteiger partial charge in [0.2, 0.25) is 0 Å². The van der Waals surface area contributed by atoms with Crippen LogP contribution in [0.3, 0.4) is 0 Å². The van der Waals surface area contributed by atoms with Crippen LogP contribution in [0.15, 0.2) is 24.5 Å². The monoisotopic (exact) mass is 373 g/mol. The second kappa shape index (κ2) is 7.28. The van der Waals surface area contributed by atoms with Crippen molar-refractivity contribution < 1.29 is 13.9 Å². The van der Waals surface area contributed by atoms with Gasteiger partial charge in [0.05, 0.1) is 42.8 Å². The van der Waals surface area contributed by atoms with Gasteiger partial charge in [-0.15, -0.1) is 0 Å². The number of hydrogen-bond donors (Lipinski definition) is 2. The highest BCUT2D eigenvalue weighted by Gasteiger charge is 2.28. The van der Waals surface area contributed by atoms with Crippen LogP contribution in [-0.2, 0) is 4.74 Å². The average molecular weight is 373 g/mol. The highest BCUT2D eigenvalue weighted by Crippen LogP contribution is 2.37. The normalized spacial score (nSPS) is 21.9. The number of nitrogens with zero attached hydrogens (tertiary/aromatic N) is 3. The average Bonchev–Trinajstić information content (AvgIpc) is 3.05. The lowest BCUT2D eigenvalue weighted by atomic mass is 10.0. The zero-order valence-corrected chi connectivity index (χ0v) is 15.7. The van der Waals surface area contributed by atoms with Gasteiger partial charge in [-0.05, 0) is 26.8 Å². The first-order valence-corrected chi connectivity index (χ1v) is 9.21. The van der Waals surface area contributed by atoms with Gasteiger partial charge in [0.15, 0.2) is 11.6 Å². The van der Waals surface area contributed by atoms with E-state index >= 15 is 0 Å². The molecule has 2 aliphatic rings. The van der Waals surface area contributed by atoms with Gasteiger partial charge in [0.25, 0.3) is 0 Å². The fourth-order valence-corrected chi connectivity index (χ4v) is 3.47. The molecular formula is C19H24FN5O2. The highest BCUT2D eigenvalue weighted by molar-refractivity contribution is 5.61. The molecule has 2 aliphatic heterocycles. The molecule has 1 saturated heterocycles. The van der Waals surface area contributed by atoms with E-state index in [0.29, 0.717) is 18.9 Å². The quantitative estimate of drug-likeness (QED) is 0.854. The molecule has 4 rings (SSSR count). The molecule has 0 spiro atoms. The van der Waals surface area contributed by atoms with Crippen molar-refractivity contribution in [1.29, 1.82) is 0 Å². The third-order valence-electron chi connectivity index (χ3n) is 4.76. The second-order valence-corrected chi connectivity index (χ2v) is 7.16. The number of hydrogen-bond acceptors (Lipinski definition) is 7. The molecule has 3 heterocycles. The fraction of sp³-hybridized carbons (Fsp3) is 0.474. The van der Waals surface area contributed by atoms with Crippen molar-refractivity contribution in [2.45, 2.75) is 39.0 Å². The van der Waals surface area contributed by atoms with E-state index in [0.717, 1.165) is 23.6 Å². The Balaban J connectivity index is 1.65. The lowest BCUT2D eigenvalue weighted by Gasteiger charge is -2.34. The molecule has 0 aliphatic carbocycles. The Morgan fingerprint density at radius 1 is 1.30 bits per heavy atom. The van der Waals surface area contributed by atoms with Crippen molar-refractivity contribution in [2.24, 2.45) is 0 Å². The van der Waals surface area contributed by atoms with Crippen molar-refractivity contribution in [3.05, 3.63) is 41.6 Å². The highest BCUT2D eigenvalue weighted by atomic mass is 19.1. The van der Waals surface area contributed by atoms with E-state index in [-0.39, 0.29) is 29.8 Å². The zero-order chi connectivity index (χ0) is 19.0. The summed E-state index contributed by atoms with van der Waals surface area (Å²) in [6, 6.07) is 5.20. The summed E-state index contributed by atoms with van der Waals surface area (Å²) in [4.78, 5) is 11.1. The predicted molar refractivity (Wildman–Crippen MR) is 100 cm³/mol. The maximum atomic E-state index is 14.2. The van der Waals surface area contributed by atoms with E-state index in [1.807, 2.05) is 19.9 Å². The smallest absolute Gasteiger partial charge is 0.167 e. The molecule has 1 aromatic heterocycles. The SMILES string of the molecule is CC(C)Oc1cc2c(cc1F)NNC2c1cc(N2CCOCC2C)ncn1. The second-order valence-electron chi connectivity index (χ2n) is 7.16. The minimum atomic E-state index is -0.386. The third-order valence-corrected chi connectivity index (χ3v) is 4.76. The number of rotatable bonds is 4. The molecule has 1 fully saturated rings. The number of nitrogens with one attached hydrogen (secondary N) is 2. The van der Waals surface area contributed by atoms with Crippen LogP contribution in [0.25, 0.3) is 0 Å². The summed E-state index contributed by atoms with van der Waals surface area (Å²) in [5.74, 6) is 0.727. The number of morpholine rings is 1. The van der Waals surface area contributed by atoms with Crippen LogP contribution >= 0.6 is 0 Å². The zero-order valence-electron chi connectivity index (χ0n) is 15.7. The van der Waals surface area contributed by atoms with Gasteiger partial charge in [-0.25, -0.2) is 19.8 Å². The topological polar surface area (TPSA) is 71.5 Å². The van der Waals surface area contributed by atoms with E-state index in [4.69, 9.17) is 9.47 Å². The van der Waals surface area contributed by atoms with Crippen LogP contribution in [0.4, 0.5) is 15.9 Å². The Morgan fingerprint density at radius 3 is 2.93 bits per heavy atom. The van der Waals surface area contributed by atoms with Crippen LogP contribution in [0, 0.1) is 5.82 Å². The number of hydrazine groups is 1. The fourth-order valence-electron chi connectivity index (χ4n) is 3.47. The third kappa shape index (κ3) is 3.54. The molecule has 144 valence electrons. The van der Waals surface area contributed by atoms with Crippen LogP contribution < -0.4 is 20.5 Å². The van der Waals surface area contributed by atoms with E-state index in [9.17, 15) is 4.39 Å². The molecule has 27 heavy (non-hydrogen) atoms. The number of halogens is 1. The van der Waals surface area contributed by atoms with Gasteiger partial charge < -0.3 is 19.8 Å². The lowest BCUT2D eigenvalue weighted by Crippen LogP contribution is -2.44. The Bertz CT molecular complexity index is 832. The number of aromatic nitrogens is 2. The van der Waals surface area contributed by atoms with E-state index in [1.165, 1.54) is 6.07 Å². The molecule has 2 N–H and O–H groups in total. The molecule has 0 radical (unpaired) electrons. The summed E-state index contributed by atoms with van der Waals surface area (Å²) in [6.07, 6.45) is 1.47. The molecular weight excluding hydrogens is 349 g/mol. The van der Waals surface area contributed by atoms with Crippen molar-refractivity contribution >= 4 is 11.5 Å². The molecule has 2 unspecified atom stereocenters. The van der Waals surface area contributed by atoms with Gasteiger partial charge in [-0.2, -0.15) is 0 Å². The Hall–Kier alpha value is -2.45. The Kier molecular flexibility index (Phi) is 4.84. The molecule has 2 aromatic rings. The van der Waals surface area contributed by atoms with E-state index in [1.54, 1.807) is 12.4 Å². The molecule has 1 aromatic carbocycles. The number of fused-ring (bicyclic) bond motifs is 1. The Labute approximate surface area is 157 Å². The van der Waals surface area contributed by atoms with Crippen LogP contribution in [-0.4, -0.2) is 41.9 Å². The van der Waals surface area contributed by atoms with Crippen LogP contribution in [0.1, 0.15) is 38.1 Å². The van der Waals surface area contributed by atoms with Gasteiger partial charge >= 0.3 is 0 Å². The first-order chi connectivity index (χ1) is 13.0. The summed E-state index contributed by atoms with van der Waals surface area (Å²) in [5.41, 5.74) is 8.62. The molecule has 7 nitrogen and oxygen atoms in total. The maximum Gasteiger partial charge on any atom is 0.167 e. The van der Waals surface area contributed by atoms with Crippen molar-refractivity contribution in [2.75, 3.05) is 30.1 Å². The summed E-state index contributed by atoms with van der Waals surface area (Å²) < 4.78 is 25.4. The standard InChI is InChI=1S/C19H24FN5O2/c1-11(2)27-17-6-13-15(7-14(17)20)23-24-19(13)16-8-18(22-10-21-16)25-4-5-26-9-12(25)3/h6-8,10-12,19,23-24H,4-5,9H2,1-3H3. The van der Waals surface area contributed by atoms with Gasteiger partial charge in [-0.3, -0.25) is 0 Å². The predicted octanol–water partition coefficient (Wildman–Crippen LogP) is 2.65. The minimum Gasteiger partial charge on any atom is -0.488 e. The molecule has 0 bridgehead atoms. The van der Waals surface area contributed by atoms with Gasteiger partial charge in [0, 0.05) is 24.2 Å². The number of anilines is 2. The summed E-state index contributed by atoms with van der Waals surface area (Å²) in [5, 5.41) is 0. The first kappa shape index (κ1) is 17.9. The molecule has 0 saturated carbocycles. The largest absolute Gasteiger partial charge is 0.488 e. The Morgan fingerprint density at radius 2 is 2.15 bits per heavy atom. The number of benzene rings is 1. The van der Waals surface area contributed by atoms with E-state index in [2.05, 4.69) is 32.6 Å². The summed E-state index contributed by atoms with van der Waals surface area (Å²) in [7, 11) is 0. The van der Waals surface area contributed by atoms with Gasteiger partial charge in [0.1, 0.15) is 12.1 Å². The van der Waals surface area contributed by atoms with Crippen molar-refractivity contribution in [1.82, 2.24) is 15.4 Å². The summed E-state index contributed by atoms with van der Waals surface area (Å²) >= 11 is 0. The van der Waals surface area contributed by atoms with Gasteiger partial charge in [-0.1, -0.05) is 0 Å². The van der Waals surface area contributed by atoms with E-state index < -0.39 is 0 Å². The lowest BCUT2D eigenvalue weighted by molar-refractivity contribution is 0.0985. The number of ether oxygens (including phenoxy) is 2.